The maximum atomic E-state index is 12.7. The third kappa shape index (κ3) is 6.23. The van der Waals surface area contributed by atoms with Crippen LogP contribution in [0.5, 0.6) is 11.5 Å². The topological polar surface area (TPSA) is 44.8 Å². The van der Waals surface area contributed by atoms with Crippen LogP contribution in [-0.2, 0) is 18.0 Å². The molecule has 0 aliphatic rings. The second kappa shape index (κ2) is 10.0. The van der Waals surface area contributed by atoms with Crippen LogP contribution in [0.25, 0.3) is 0 Å². The average molecular weight is 449 g/mol. The zero-order valence-electron chi connectivity index (χ0n) is 19.6. The van der Waals surface area contributed by atoms with E-state index in [0.29, 0.717) is 23.7 Å². The summed E-state index contributed by atoms with van der Waals surface area (Å²) in [6.45, 7) is 11.5. The molecule has 0 spiro atoms. The molecule has 32 heavy (non-hydrogen) atoms. The Morgan fingerprint density at radius 2 is 1.34 bits per heavy atom. The molecule has 5 heteroatoms. The van der Waals surface area contributed by atoms with Gasteiger partial charge in [0.2, 0.25) is 0 Å². The third-order valence-electron chi connectivity index (χ3n) is 5.80. The minimum absolute atomic E-state index is 0.00746. The van der Waals surface area contributed by atoms with Crippen LogP contribution < -0.4 is 9.16 Å². The average Bonchev–Trinajstić information content (AvgIpc) is 2.77. The van der Waals surface area contributed by atoms with Gasteiger partial charge in [0.15, 0.2) is 5.75 Å². The molecular formula is C27H32O4Si. The van der Waals surface area contributed by atoms with E-state index in [4.69, 9.17) is 13.9 Å². The second-order valence-electron chi connectivity index (χ2n) is 9.36. The van der Waals surface area contributed by atoms with E-state index in [9.17, 15) is 4.79 Å². The van der Waals surface area contributed by atoms with Gasteiger partial charge in [-0.1, -0.05) is 81.4 Å². The van der Waals surface area contributed by atoms with Gasteiger partial charge in [-0.05, 0) is 47.5 Å². The lowest BCUT2D eigenvalue weighted by Crippen LogP contribution is -2.44. The molecule has 0 saturated carbocycles. The Morgan fingerprint density at radius 3 is 1.91 bits per heavy atom. The minimum atomic E-state index is -2.15. The molecule has 0 N–H and O–H groups in total. The fraction of sp³-hybridized carbons (Fsp3) is 0.296. The summed E-state index contributed by atoms with van der Waals surface area (Å²) in [4.78, 5) is 12.7. The Labute approximate surface area is 192 Å². The predicted octanol–water partition coefficient (Wildman–Crippen LogP) is 7.01. The van der Waals surface area contributed by atoms with Gasteiger partial charge in [-0.15, -0.1) is 0 Å². The van der Waals surface area contributed by atoms with Crippen molar-refractivity contribution in [3.05, 3.63) is 95.6 Å². The number of rotatable bonds is 8. The molecule has 0 radical (unpaired) electrons. The number of carbonyl (C=O) groups excluding carboxylic acids is 1. The third-order valence-corrected chi connectivity index (χ3v) is 10.1. The molecule has 4 nitrogen and oxygen atoms in total. The summed E-state index contributed by atoms with van der Waals surface area (Å²) in [6.07, 6.45) is 0. The van der Waals surface area contributed by atoms with E-state index < -0.39 is 8.32 Å². The van der Waals surface area contributed by atoms with Crippen LogP contribution in [-0.4, -0.2) is 14.3 Å². The molecule has 0 heterocycles. The molecule has 168 valence electrons. The van der Waals surface area contributed by atoms with E-state index >= 15 is 0 Å². The lowest BCUT2D eigenvalue weighted by atomic mass is 10.2. The Kier molecular flexibility index (Phi) is 7.41. The molecule has 0 aliphatic carbocycles. The van der Waals surface area contributed by atoms with Crippen molar-refractivity contribution in [3.63, 3.8) is 0 Å². The molecule has 0 fully saturated rings. The van der Waals surface area contributed by atoms with Crippen LogP contribution in [0, 0.1) is 0 Å². The highest BCUT2D eigenvalue weighted by molar-refractivity contribution is 6.74. The first kappa shape index (κ1) is 23.6. The van der Waals surface area contributed by atoms with Gasteiger partial charge in [-0.3, -0.25) is 0 Å². The minimum Gasteiger partial charge on any atom is -0.541 e. The highest BCUT2D eigenvalue weighted by Gasteiger charge is 2.39. The fourth-order valence-electron chi connectivity index (χ4n) is 2.80. The second-order valence-corrected chi connectivity index (χ2v) is 14.1. The van der Waals surface area contributed by atoms with Crippen molar-refractivity contribution in [3.8, 4) is 11.5 Å². The molecule has 3 aromatic rings. The SMILES string of the molecule is CC(C)(C)[Si](C)(C)Oc1cc(C(=O)OCc2ccccc2)ccc1OCc1ccccc1. The highest BCUT2D eigenvalue weighted by atomic mass is 28.4. The van der Waals surface area contributed by atoms with E-state index in [2.05, 4.69) is 33.9 Å². The van der Waals surface area contributed by atoms with Gasteiger partial charge in [-0.2, -0.15) is 0 Å². The van der Waals surface area contributed by atoms with Crippen LogP contribution in [0.2, 0.25) is 18.1 Å². The Morgan fingerprint density at radius 1 is 0.781 bits per heavy atom. The lowest BCUT2D eigenvalue weighted by molar-refractivity contribution is 0.0472. The fourth-order valence-corrected chi connectivity index (χ4v) is 3.82. The quantitative estimate of drug-likeness (QED) is 0.275. The smallest absolute Gasteiger partial charge is 0.338 e. The Balaban J connectivity index is 1.82. The number of ether oxygens (including phenoxy) is 2. The number of carbonyl (C=O) groups is 1. The first-order valence-electron chi connectivity index (χ1n) is 10.9. The maximum absolute atomic E-state index is 12.7. The van der Waals surface area contributed by atoms with E-state index in [1.54, 1.807) is 18.2 Å². The lowest BCUT2D eigenvalue weighted by Gasteiger charge is -2.37. The molecule has 0 bridgehead atoms. The number of hydrogen-bond acceptors (Lipinski definition) is 4. The van der Waals surface area contributed by atoms with Gasteiger partial charge < -0.3 is 13.9 Å². The van der Waals surface area contributed by atoms with Crippen molar-refractivity contribution in [2.24, 2.45) is 0 Å². The summed E-state index contributed by atoms with van der Waals surface area (Å²) in [5, 5.41) is 0.00746. The van der Waals surface area contributed by atoms with Crippen molar-refractivity contribution in [2.45, 2.75) is 52.1 Å². The Hall–Kier alpha value is -3.05. The molecule has 3 aromatic carbocycles. The van der Waals surface area contributed by atoms with Gasteiger partial charge in [-0.25, -0.2) is 4.79 Å². The van der Waals surface area contributed by atoms with Crippen LogP contribution in [0.4, 0.5) is 0 Å². The molecule has 0 saturated heterocycles. The highest BCUT2D eigenvalue weighted by Crippen LogP contribution is 2.40. The van der Waals surface area contributed by atoms with Crippen molar-refractivity contribution >= 4 is 14.3 Å². The molecule has 0 atom stereocenters. The zero-order chi connectivity index (χ0) is 23.2. The monoisotopic (exact) mass is 448 g/mol. The van der Waals surface area contributed by atoms with Crippen LogP contribution in [0.1, 0.15) is 42.3 Å². The normalized spacial score (nSPS) is 11.7. The summed E-state index contributed by atoms with van der Waals surface area (Å²) in [5.74, 6) is 0.823. The van der Waals surface area contributed by atoms with Crippen molar-refractivity contribution < 1.29 is 18.7 Å². The number of hydrogen-bond donors (Lipinski definition) is 0. The van der Waals surface area contributed by atoms with E-state index in [1.165, 1.54) is 0 Å². The molecule has 0 unspecified atom stereocenters. The summed E-state index contributed by atoms with van der Waals surface area (Å²) < 4.78 is 18.1. The van der Waals surface area contributed by atoms with Gasteiger partial charge in [0.25, 0.3) is 8.32 Å². The van der Waals surface area contributed by atoms with Crippen LogP contribution in [0.3, 0.4) is 0 Å². The molecule has 0 amide bonds. The molecular weight excluding hydrogens is 416 g/mol. The summed E-state index contributed by atoms with van der Waals surface area (Å²) >= 11 is 0. The van der Waals surface area contributed by atoms with Gasteiger partial charge >= 0.3 is 5.97 Å². The zero-order valence-corrected chi connectivity index (χ0v) is 20.6. The standard InChI is InChI=1S/C27H32O4Si/c1-27(2,3)32(4,5)31-25-18-23(26(28)30-20-22-14-10-7-11-15-22)16-17-24(25)29-19-21-12-8-6-9-13-21/h6-18H,19-20H2,1-5H3. The van der Waals surface area contributed by atoms with Gasteiger partial charge in [0.05, 0.1) is 5.56 Å². The molecule has 0 aliphatic heterocycles. The summed E-state index contributed by atoms with van der Waals surface area (Å²) in [6, 6.07) is 24.9. The number of esters is 1. The molecule has 3 rings (SSSR count). The Bertz CT molecular complexity index is 1020. The van der Waals surface area contributed by atoms with Crippen molar-refractivity contribution in [2.75, 3.05) is 0 Å². The van der Waals surface area contributed by atoms with Gasteiger partial charge in [0.1, 0.15) is 19.0 Å². The van der Waals surface area contributed by atoms with E-state index in [-0.39, 0.29) is 17.6 Å². The predicted molar refractivity (Wildman–Crippen MR) is 131 cm³/mol. The first-order chi connectivity index (χ1) is 15.2. The van der Waals surface area contributed by atoms with Crippen molar-refractivity contribution in [1.29, 1.82) is 0 Å². The van der Waals surface area contributed by atoms with E-state index in [1.807, 2.05) is 60.7 Å². The van der Waals surface area contributed by atoms with Gasteiger partial charge in [0, 0.05) is 0 Å². The summed E-state index contributed by atoms with van der Waals surface area (Å²) in [5.41, 5.74) is 2.46. The number of benzene rings is 3. The van der Waals surface area contributed by atoms with Crippen LogP contribution in [0.15, 0.2) is 78.9 Å². The molecule has 0 aromatic heterocycles. The summed E-state index contributed by atoms with van der Waals surface area (Å²) in [7, 11) is -2.15. The largest absolute Gasteiger partial charge is 0.541 e. The maximum Gasteiger partial charge on any atom is 0.338 e. The first-order valence-corrected chi connectivity index (χ1v) is 13.8. The van der Waals surface area contributed by atoms with Crippen LogP contribution >= 0.6 is 0 Å². The van der Waals surface area contributed by atoms with E-state index in [0.717, 1.165) is 11.1 Å². The van der Waals surface area contributed by atoms with Crippen molar-refractivity contribution in [1.82, 2.24) is 0 Å².